The van der Waals surface area contributed by atoms with Crippen molar-refractivity contribution in [3.8, 4) is 22.0 Å². The molecule has 0 aliphatic heterocycles. The van der Waals surface area contributed by atoms with Crippen LogP contribution in [-0.4, -0.2) is 26.1 Å². The molecule has 0 atom stereocenters. The van der Waals surface area contributed by atoms with Crippen LogP contribution in [0.5, 0.6) is 0 Å². The third kappa shape index (κ3) is 3.50. The van der Waals surface area contributed by atoms with Crippen molar-refractivity contribution >= 4 is 17.3 Å². The summed E-state index contributed by atoms with van der Waals surface area (Å²) in [6.07, 6.45) is 6.51. The second kappa shape index (κ2) is 7.49. The van der Waals surface area contributed by atoms with Crippen LogP contribution < -0.4 is 5.32 Å². The van der Waals surface area contributed by atoms with Gasteiger partial charge in [-0.2, -0.15) is 0 Å². The summed E-state index contributed by atoms with van der Waals surface area (Å²) in [7, 11) is 1.98. The van der Waals surface area contributed by atoms with E-state index in [0.29, 0.717) is 5.95 Å². The zero-order valence-corrected chi connectivity index (χ0v) is 15.3. The molecule has 0 aliphatic carbocycles. The lowest BCUT2D eigenvalue weighted by Crippen LogP contribution is -2.09. The molecule has 6 heteroatoms. The number of aryl methyl sites for hydroxylation is 1. The van der Waals surface area contributed by atoms with Gasteiger partial charge in [0.1, 0.15) is 5.82 Å². The maximum atomic E-state index is 4.78. The summed E-state index contributed by atoms with van der Waals surface area (Å²) >= 11 is 1.67. The quantitative estimate of drug-likeness (QED) is 0.557. The van der Waals surface area contributed by atoms with Crippen molar-refractivity contribution < 1.29 is 0 Å². The van der Waals surface area contributed by atoms with E-state index in [1.54, 1.807) is 17.5 Å². The predicted octanol–water partition coefficient (Wildman–Crippen LogP) is 4.26. The fraction of sp³-hybridized carbons (Fsp3) is 0.150. The number of anilines is 1. The molecule has 3 heterocycles. The van der Waals surface area contributed by atoms with Crippen LogP contribution in [-0.2, 0) is 13.5 Å². The van der Waals surface area contributed by atoms with Crippen molar-refractivity contribution in [1.82, 2.24) is 19.5 Å². The number of nitrogens with one attached hydrogen (secondary N) is 1. The fourth-order valence-corrected chi connectivity index (χ4v) is 3.55. The summed E-state index contributed by atoms with van der Waals surface area (Å²) in [6, 6.07) is 14.5. The molecule has 0 bridgehead atoms. The second-order valence-electron chi connectivity index (χ2n) is 5.96. The number of rotatable bonds is 6. The third-order valence-electron chi connectivity index (χ3n) is 4.15. The van der Waals surface area contributed by atoms with E-state index in [9.17, 15) is 0 Å². The van der Waals surface area contributed by atoms with Gasteiger partial charge in [-0.1, -0.05) is 36.4 Å². The summed E-state index contributed by atoms with van der Waals surface area (Å²) in [5, 5.41) is 5.40. The standard InChI is InChI=1S/C20H19N5S/c1-25-12-11-21-19(25)16-14-23-20(24-18(16)17-8-5-13-26-17)22-10-9-15-6-3-2-4-7-15/h2-8,11-14H,9-10H2,1H3,(H,22,23,24). The van der Waals surface area contributed by atoms with E-state index in [2.05, 4.69) is 51.0 Å². The Bertz CT molecular complexity index is 977. The lowest BCUT2D eigenvalue weighted by molar-refractivity contribution is 0.920. The van der Waals surface area contributed by atoms with E-state index in [4.69, 9.17) is 4.98 Å². The average molecular weight is 361 g/mol. The number of nitrogens with zero attached hydrogens (tertiary/aromatic N) is 4. The van der Waals surface area contributed by atoms with Crippen molar-refractivity contribution in [3.05, 3.63) is 72.0 Å². The maximum absolute atomic E-state index is 4.78. The highest BCUT2D eigenvalue weighted by Gasteiger charge is 2.15. The number of hydrogen-bond acceptors (Lipinski definition) is 5. The van der Waals surface area contributed by atoms with Crippen LogP contribution in [0.2, 0.25) is 0 Å². The van der Waals surface area contributed by atoms with Gasteiger partial charge >= 0.3 is 0 Å². The SMILES string of the molecule is Cn1ccnc1-c1cnc(NCCc2ccccc2)nc1-c1cccs1. The molecule has 0 saturated carbocycles. The molecule has 4 aromatic rings. The maximum Gasteiger partial charge on any atom is 0.223 e. The van der Waals surface area contributed by atoms with E-state index >= 15 is 0 Å². The topological polar surface area (TPSA) is 55.6 Å². The molecule has 1 aromatic carbocycles. The molecule has 26 heavy (non-hydrogen) atoms. The summed E-state index contributed by atoms with van der Waals surface area (Å²) in [5.41, 5.74) is 3.14. The Morgan fingerprint density at radius 1 is 1.08 bits per heavy atom. The van der Waals surface area contributed by atoms with Gasteiger partial charge in [0.05, 0.1) is 16.1 Å². The molecule has 0 spiro atoms. The van der Waals surface area contributed by atoms with Crippen LogP contribution in [0, 0.1) is 0 Å². The molecule has 0 saturated heterocycles. The minimum Gasteiger partial charge on any atom is -0.354 e. The molecule has 5 nitrogen and oxygen atoms in total. The number of aromatic nitrogens is 4. The van der Waals surface area contributed by atoms with Gasteiger partial charge in [0.2, 0.25) is 5.95 Å². The monoisotopic (exact) mass is 361 g/mol. The molecule has 0 aliphatic rings. The van der Waals surface area contributed by atoms with Gasteiger partial charge in [0, 0.05) is 32.2 Å². The van der Waals surface area contributed by atoms with Crippen LogP contribution in [0.4, 0.5) is 5.95 Å². The van der Waals surface area contributed by atoms with Crippen LogP contribution in [0.3, 0.4) is 0 Å². The highest BCUT2D eigenvalue weighted by atomic mass is 32.1. The van der Waals surface area contributed by atoms with Crippen LogP contribution in [0.15, 0.2) is 66.4 Å². The summed E-state index contributed by atoms with van der Waals surface area (Å²) in [6.45, 7) is 0.787. The van der Waals surface area contributed by atoms with Gasteiger partial charge in [-0.25, -0.2) is 15.0 Å². The van der Waals surface area contributed by atoms with E-state index in [-0.39, 0.29) is 0 Å². The summed E-state index contributed by atoms with van der Waals surface area (Å²) in [5.74, 6) is 1.51. The first kappa shape index (κ1) is 16.5. The highest BCUT2D eigenvalue weighted by Crippen LogP contribution is 2.32. The van der Waals surface area contributed by atoms with Gasteiger partial charge < -0.3 is 9.88 Å². The van der Waals surface area contributed by atoms with E-state index < -0.39 is 0 Å². The normalized spacial score (nSPS) is 10.8. The zero-order chi connectivity index (χ0) is 17.8. The number of benzene rings is 1. The van der Waals surface area contributed by atoms with E-state index in [1.807, 2.05) is 36.1 Å². The first-order valence-electron chi connectivity index (χ1n) is 8.47. The van der Waals surface area contributed by atoms with Crippen molar-refractivity contribution in [3.63, 3.8) is 0 Å². The summed E-state index contributed by atoms with van der Waals surface area (Å²) < 4.78 is 1.98. The highest BCUT2D eigenvalue weighted by molar-refractivity contribution is 7.13. The Labute approximate surface area is 156 Å². The summed E-state index contributed by atoms with van der Waals surface area (Å²) in [4.78, 5) is 14.8. The first-order chi connectivity index (χ1) is 12.8. The van der Waals surface area contributed by atoms with Crippen molar-refractivity contribution in [1.29, 1.82) is 0 Å². The molecule has 0 unspecified atom stereocenters. The Hall–Kier alpha value is -2.99. The fourth-order valence-electron chi connectivity index (χ4n) is 2.82. The lowest BCUT2D eigenvalue weighted by Gasteiger charge is -2.10. The van der Waals surface area contributed by atoms with E-state index in [1.165, 1.54) is 5.56 Å². The number of hydrogen-bond donors (Lipinski definition) is 1. The largest absolute Gasteiger partial charge is 0.354 e. The lowest BCUT2D eigenvalue weighted by atomic mass is 10.1. The zero-order valence-electron chi connectivity index (χ0n) is 14.5. The molecule has 3 aromatic heterocycles. The van der Waals surface area contributed by atoms with Gasteiger partial charge in [0.25, 0.3) is 0 Å². The van der Waals surface area contributed by atoms with E-state index in [0.717, 1.165) is 34.9 Å². The smallest absolute Gasteiger partial charge is 0.223 e. The molecule has 130 valence electrons. The third-order valence-corrected chi connectivity index (χ3v) is 5.02. The molecule has 0 fully saturated rings. The molecule has 4 rings (SSSR count). The van der Waals surface area contributed by atoms with Crippen LogP contribution in [0.25, 0.3) is 22.0 Å². The van der Waals surface area contributed by atoms with Crippen molar-refractivity contribution in [2.75, 3.05) is 11.9 Å². The Morgan fingerprint density at radius 2 is 1.96 bits per heavy atom. The Morgan fingerprint density at radius 3 is 2.69 bits per heavy atom. The van der Waals surface area contributed by atoms with Gasteiger partial charge in [-0.15, -0.1) is 11.3 Å². The molecular formula is C20H19N5S. The molecule has 0 radical (unpaired) electrons. The Kier molecular flexibility index (Phi) is 4.75. The van der Waals surface area contributed by atoms with Crippen molar-refractivity contribution in [2.45, 2.75) is 6.42 Å². The second-order valence-corrected chi connectivity index (χ2v) is 6.91. The van der Waals surface area contributed by atoms with Gasteiger partial charge in [-0.3, -0.25) is 0 Å². The predicted molar refractivity (Wildman–Crippen MR) is 106 cm³/mol. The molecule has 1 N–H and O–H groups in total. The van der Waals surface area contributed by atoms with Crippen LogP contribution in [0.1, 0.15) is 5.56 Å². The minimum absolute atomic E-state index is 0.641. The van der Waals surface area contributed by atoms with Crippen LogP contribution >= 0.6 is 11.3 Å². The minimum atomic E-state index is 0.641. The van der Waals surface area contributed by atoms with Gasteiger partial charge in [-0.05, 0) is 23.4 Å². The number of imidazole rings is 1. The van der Waals surface area contributed by atoms with Gasteiger partial charge in [0.15, 0.2) is 0 Å². The molecule has 0 amide bonds. The molecular weight excluding hydrogens is 342 g/mol. The average Bonchev–Trinajstić information content (AvgIpc) is 3.34. The Balaban J connectivity index is 1.59. The first-order valence-corrected chi connectivity index (χ1v) is 9.35. The number of thiophene rings is 1. The van der Waals surface area contributed by atoms with Crippen molar-refractivity contribution in [2.24, 2.45) is 7.05 Å².